The van der Waals surface area contributed by atoms with Crippen LogP contribution in [0.1, 0.15) is 30.5 Å². The quantitative estimate of drug-likeness (QED) is 0.873. The molecule has 0 amide bonds. The zero-order valence-corrected chi connectivity index (χ0v) is 10.8. The molecule has 1 aromatic carbocycles. The van der Waals surface area contributed by atoms with Crippen LogP contribution in [0, 0.1) is 6.92 Å². The summed E-state index contributed by atoms with van der Waals surface area (Å²) in [7, 11) is 1.77. The molecule has 0 aliphatic carbocycles. The van der Waals surface area contributed by atoms with Gasteiger partial charge in [-0.15, -0.1) is 0 Å². The van der Waals surface area contributed by atoms with Crippen LogP contribution in [0.3, 0.4) is 0 Å². The van der Waals surface area contributed by atoms with Gasteiger partial charge in [0.25, 0.3) is 0 Å². The van der Waals surface area contributed by atoms with Gasteiger partial charge < -0.3 is 9.84 Å². The number of ether oxygens (including phenoxy) is 1. The number of hydrogen-bond acceptors (Lipinski definition) is 3. The summed E-state index contributed by atoms with van der Waals surface area (Å²) in [6.45, 7) is 6.12. The lowest BCUT2D eigenvalue weighted by Gasteiger charge is -2.25. The minimum absolute atomic E-state index is 0.246. The first-order valence-corrected chi connectivity index (χ1v) is 6.18. The average molecular weight is 235 g/mol. The van der Waals surface area contributed by atoms with Crippen LogP contribution in [0.25, 0.3) is 0 Å². The molecule has 2 unspecified atom stereocenters. The molecule has 94 valence electrons. The van der Waals surface area contributed by atoms with E-state index in [4.69, 9.17) is 4.74 Å². The van der Waals surface area contributed by atoms with Crippen molar-refractivity contribution in [3.63, 3.8) is 0 Å². The van der Waals surface area contributed by atoms with Gasteiger partial charge >= 0.3 is 0 Å². The SMILES string of the molecule is COC1CCN(C(C)c2ccc(C)cc2O)C1. The van der Waals surface area contributed by atoms with Gasteiger partial charge in [-0.05, 0) is 31.9 Å². The number of phenolic OH excluding ortho intramolecular Hbond substituents is 1. The molecule has 0 saturated carbocycles. The molecule has 1 fully saturated rings. The van der Waals surface area contributed by atoms with Crippen molar-refractivity contribution in [1.82, 2.24) is 4.90 Å². The van der Waals surface area contributed by atoms with E-state index in [9.17, 15) is 5.11 Å². The van der Waals surface area contributed by atoms with Gasteiger partial charge in [0, 0.05) is 31.8 Å². The molecule has 1 N–H and O–H groups in total. The summed E-state index contributed by atoms with van der Waals surface area (Å²) in [5.74, 6) is 0.401. The predicted octanol–water partition coefficient (Wildman–Crippen LogP) is 2.48. The van der Waals surface area contributed by atoms with E-state index in [0.717, 1.165) is 30.6 Å². The van der Waals surface area contributed by atoms with Gasteiger partial charge in [-0.25, -0.2) is 0 Å². The van der Waals surface area contributed by atoms with Crippen LogP contribution < -0.4 is 0 Å². The van der Waals surface area contributed by atoms with Crippen LogP contribution in [-0.2, 0) is 4.74 Å². The minimum Gasteiger partial charge on any atom is -0.508 e. The number of likely N-dealkylation sites (tertiary alicyclic amines) is 1. The zero-order chi connectivity index (χ0) is 12.4. The Hall–Kier alpha value is -1.06. The third kappa shape index (κ3) is 2.61. The fraction of sp³-hybridized carbons (Fsp3) is 0.571. The van der Waals surface area contributed by atoms with Crippen molar-refractivity contribution in [2.24, 2.45) is 0 Å². The normalized spacial score (nSPS) is 22.9. The van der Waals surface area contributed by atoms with E-state index in [0.29, 0.717) is 11.9 Å². The molecule has 1 aliphatic rings. The van der Waals surface area contributed by atoms with Crippen LogP contribution in [-0.4, -0.2) is 36.3 Å². The van der Waals surface area contributed by atoms with Crippen molar-refractivity contribution < 1.29 is 9.84 Å². The number of hydrogen-bond donors (Lipinski definition) is 1. The van der Waals surface area contributed by atoms with E-state index in [1.54, 1.807) is 7.11 Å². The highest BCUT2D eigenvalue weighted by Crippen LogP contribution is 2.31. The molecule has 2 atom stereocenters. The third-order valence-electron chi connectivity index (χ3n) is 3.69. The zero-order valence-electron chi connectivity index (χ0n) is 10.8. The topological polar surface area (TPSA) is 32.7 Å². The molecule has 0 bridgehead atoms. The monoisotopic (exact) mass is 235 g/mol. The largest absolute Gasteiger partial charge is 0.508 e. The first-order valence-electron chi connectivity index (χ1n) is 6.18. The Labute approximate surface area is 103 Å². The van der Waals surface area contributed by atoms with Gasteiger partial charge in [-0.1, -0.05) is 12.1 Å². The number of phenols is 1. The lowest BCUT2D eigenvalue weighted by atomic mass is 10.0. The highest BCUT2D eigenvalue weighted by molar-refractivity contribution is 5.37. The molecule has 0 aromatic heterocycles. The highest BCUT2D eigenvalue weighted by atomic mass is 16.5. The summed E-state index contributed by atoms with van der Waals surface area (Å²) < 4.78 is 5.37. The number of rotatable bonds is 3. The second kappa shape index (κ2) is 5.07. The molecule has 1 heterocycles. The Morgan fingerprint density at radius 2 is 2.24 bits per heavy atom. The smallest absolute Gasteiger partial charge is 0.120 e. The van der Waals surface area contributed by atoms with Crippen molar-refractivity contribution in [1.29, 1.82) is 0 Å². The Bertz CT molecular complexity index is 392. The highest BCUT2D eigenvalue weighted by Gasteiger charge is 2.27. The number of aryl methyl sites for hydroxylation is 1. The van der Waals surface area contributed by atoms with E-state index >= 15 is 0 Å². The van der Waals surface area contributed by atoms with E-state index < -0.39 is 0 Å². The van der Waals surface area contributed by atoms with Crippen molar-refractivity contribution in [3.8, 4) is 5.75 Å². The van der Waals surface area contributed by atoms with E-state index in [2.05, 4.69) is 17.9 Å². The lowest BCUT2D eigenvalue weighted by Crippen LogP contribution is -2.26. The van der Waals surface area contributed by atoms with Crippen molar-refractivity contribution in [3.05, 3.63) is 29.3 Å². The Morgan fingerprint density at radius 3 is 2.82 bits per heavy atom. The molecule has 3 nitrogen and oxygen atoms in total. The molecule has 1 aromatic rings. The first-order chi connectivity index (χ1) is 8.11. The third-order valence-corrected chi connectivity index (χ3v) is 3.69. The summed E-state index contributed by atoms with van der Waals surface area (Å²) in [6, 6.07) is 6.15. The van der Waals surface area contributed by atoms with E-state index in [-0.39, 0.29) is 6.04 Å². The standard InChI is InChI=1S/C14H21NO2/c1-10-4-5-13(14(16)8-10)11(2)15-7-6-12(9-15)17-3/h4-5,8,11-12,16H,6-7,9H2,1-3H3. The molecule has 0 radical (unpaired) electrons. The molecular formula is C14H21NO2. The summed E-state index contributed by atoms with van der Waals surface area (Å²) in [4.78, 5) is 2.36. The van der Waals surface area contributed by atoms with Crippen molar-refractivity contribution >= 4 is 0 Å². The lowest BCUT2D eigenvalue weighted by molar-refractivity contribution is 0.102. The van der Waals surface area contributed by atoms with Crippen LogP contribution in [0.15, 0.2) is 18.2 Å². The molecule has 1 saturated heterocycles. The number of methoxy groups -OCH3 is 1. The summed E-state index contributed by atoms with van der Waals surface area (Å²) in [5, 5.41) is 9.99. The number of aromatic hydroxyl groups is 1. The summed E-state index contributed by atoms with van der Waals surface area (Å²) >= 11 is 0. The number of benzene rings is 1. The summed E-state index contributed by atoms with van der Waals surface area (Å²) in [5.41, 5.74) is 2.10. The first kappa shape index (κ1) is 12.4. The Kier molecular flexibility index (Phi) is 3.69. The van der Waals surface area contributed by atoms with Gasteiger partial charge in [0.2, 0.25) is 0 Å². The molecular weight excluding hydrogens is 214 g/mol. The van der Waals surface area contributed by atoms with Crippen molar-refractivity contribution in [2.75, 3.05) is 20.2 Å². The molecule has 3 heteroatoms. The molecule has 17 heavy (non-hydrogen) atoms. The maximum Gasteiger partial charge on any atom is 0.120 e. The fourth-order valence-corrected chi connectivity index (χ4v) is 2.50. The minimum atomic E-state index is 0.246. The van der Waals surface area contributed by atoms with Crippen LogP contribution >= 0.6 is 0 Å². The van der Waals surface area contributed by atoms with Crippen LogP contribution in [0.5, 0.6) is 5.75 Å². The number of nitrogens with zero attached hydrogens (tertiary/aromatic N) is 1. The van der Waals surface area contributed by atoms with E-state index in [1.165, 1.54) is 0 Å². The maximum atomic E-state index is 9.99. The van der Waals surface area contributed by atoms with Crippen LogP contribution in [0.2, 0.25) is 0 Å². The fourth-order valence-electron chi connectivity index (χ4n) is 2.50. The predicted molar refractivity (Wildman–Crippen MR) is 68.2 cm³/mol. The molecule has 1 aliphatic heterocycles. The van der Waals surface area contributed by atoms with Crippen molar-refractivity contribution in [2.45, 2.75) is 32.4 Å². The maximum absolute atomic E-state index is 9.99. The van der Waals surface area contributed by atoms with Gasteiger partial charge in [-0.2, -0.15) is 0 Å². The second-order valence-electron chi connectivity index (χ2n) is 4.88. The Morgan fingerprint density at radius 1 is 1.47 bits per heavy atom. The molecule has 0 spiro atoms. The van der Waals surface area contributed by atoms with Gasteiger partial charge in [0.1, 0.15) is 5.75 Å². The van der Waals surface area contributed by atoms with E-state index in [1.807, 2.05) is 19.1 Å². The van der Waals surface area contributed by atoms with Gasteiger partial charge in [0.05, 0.1) is 6.10 Å². The second-order valence-corrected chi connectivity index (χ2v) is 4.88. The summed E-state index contributed by atoms with van der Waals surface area (Å²) in [6.07, 6.45) is 1.41. The van der Waals surface area contributed by atoms with Gasteiger partial charge in [0.15, 0.2) is 0 Å². The average Bonchev–Trinajstić information content (AvgIpc) is 2.76. The van der Waals surface area contributed by atoms with Gasteiger partial charge in [-0.3, -0.25) is 4.90 Å². The van der Waals surface area contributed by atoms with Crippen LogP contribution in [0.4, 0.5) is 0 Å². The Balaban J connectivity index is 2.12. The molecule has 2 rings (SSSR count).